The van der Waals surface area contributed by atoms with Gasteiger partial charge in [-0.25, -0.2) is 4.39 Å². The highest BCUT2D eigenvalue weighted by molar-refractivity contribution is 6.01. The Kier molecular flexibility index (Phi) is 6.32. The van der Waals surface area contributed by atoms with Crippen molar-refractivity contribution >= 4 is 28.4 Å². The van der Waals surface area contributed by atoms with Gasteiger partial charge >= 0.3 is 0 Å². The minimum absolute atomic E-state index is 0.0499. The van der Waals surface area contributed by atoms with Crippen LogP contribution in [0, 0.1) is 11.7 Å². The van der Waals surface area contributed by atoms with Gasteiger partial charge in [-0.2, -0.15) is 0 Å². The number of benzene rings is 2. The molecule has 0 spiro atoms. The van der Waals surface area contributed by atoms with E-state index in [2.05, 4.69) is 10.6 Å². The van der Waals surface area contributed by atoms with Crippen molar-refractivity contribution in [3.8, 4) is 0 Å². The van der Waals surface area contributed by atoms with Crippen molar-refractivity contribution in [2.45, 2.75) is 25.8 Å². The first-order valence-corrected chi connectivity index (χ1v) is 10.5. The second kappa shape index (κ2) is 9.31. The van der Waals surface area contributed by atoms with Crippen LogP contribution in [0.1, 0.15) is 35.3 Å². The molecule has 2 amide bonds. The lowest BCUT2D eigenvalue weighted by atomic mass is 9.85. The normalized spacial score (nSPS) is 13.7. The summed E-state index contributed by atoms with van der Waals surface area (Å²) in [6, 6.07) is 13.7. The van der Waals surface area contributed by atoms with Crippen molar-refractivity contribution in [3.63, 3.8) is 0 Å². The van der Waals surface area contributed by atoms with E-state index in [-0.39, 0.29) is 23.5 Å². The van der Waals surface area contributed by atoms with Gasteiger partial charge in [-0.05, 0) is 54.8 Å². The molecule has 0 bridgehead atoms. The monoisotopic (exact) mass is 423 g/mol. The summed E-state index contributed by atoms with van der Waals surface area (Å²) in [6.07, 6.45) is 2.98. The molecular formula is C24H26FN3O3. The zero-order valence-electron chi connectivity index (χ0n) is 17.5. The molecule has 0 atom stereocenters. The van der Waals surface area contributed by atoms with Gasteiger partial charge in [0.2, 0.25) is 5.91 Å². The lowest BCUT2D eigenvalue weighted by Crippen LogP contribution is -2.29. The van der Waals surface area contributed by atoms with Crippen LogP contribution < -0.4 is 10.6 Å². The second-order valence-electron chi connectivity index (χ2n) is 7.88. The third kappa shape index (κ3) is 4.77. The molecule has 4 rings (SSSR count). The zero-order valence-corrected chi connectivity index (χ0v) is 17.5. The molecular weight excluding hydrogens is 397 g/mol. The number of anilines is 1. The molecule has 1 aliphatic carbocycles. The Labute approximate surface area is 180 Å². The number of methoxy groups -OCH3 is 1. The number of amides is 2. The van der Waals surface area contributed by atoms with E-state index < -0.39 is 0 Å². The molecule has 3 aromatic rings. The van der Waals surface area contributed by atoms with Gasteiger partial charge in [-0.3, -0.25) is 9.59 Å². The number of halogens is 1. The molecule has 1 saturated carbocycles. The summed E-state index contributed by atoms with van der Waals surface area (Å²) in [5, 5.41) is 6.70. The predicted molar refractivity (Wildman–Crippen MR) is 118 cm³/mol. The maximum atomic E-state index is 13.3. The molecule has 1 heterocycles. The summed E-state index contributed by atoms with van der Waals surface area (Å²) in [4.78, 5) is 25.1. The highest BCUT2D eigenvalue weighted by Crippen LogP contribution is 2.29. The number of nitrogens with zero attached hydrogens (tertiary/aromatic N) is 1. The van der Waals surface area contributed by atoms with Gasteiger partial charge in [0.05, 0.1) is 6.61 Å². The van der Waals surface area contributed by atoms with Crippen LogP contribution in [0.3, 0.4) is 0 Å². The molecule has 0 unspecified atom stereocenters. The first-order valence-electron chi connectivity index (χ1n) is 10.5. The van der Waals surface area contributed by atoms with E-state index in [0.717, 1.165) is 41.4 Å². The van der Waals surface area contributed by atoms with Gasteiger partial charge in [0.1, 0.15) is 11.5 Å². The lowest BCUT2D eigenvalue weighted by molar-refractivity contribution is -0.122. The predicted octanol–water partition coefficient (Wildman–Crippen LogP) is 3.94. The van der Waals surface area contributed by atoms with Crippen molar-refractivity contribution in [2.24, 2.45) is 5.92 Å². The van der Waals surface area contributed by atoms with Crippen molar-refractivity contribution in [2.75, 3.05) is 25.6 Å². The van der Waals surface area contributed by atoms with E-state index >= 15 is 0 Å². The van der Waals surface area contributed by atoms with Crippen LogP contribution in [0.2, 0.25) is 0 Å². The number of carbonyl (C=O) groups is 2. The number of fused-ring (bicyclic) bond motifs is 1. The van der Waals surface area contributed by atoms with E-state index in [1.54, 1.807) is 19.2 Å². The number of hydrogen-bond donors (Lipinski definition) is 2. The molecule has 7 heteroatoms. The Morgan fingerprint density at radius 1 is 1.13 bits per heavy atom. The highest BCUT2D eigenvalue weighted by atomic mass is 19.1. The summed E-state index contributed by atoms with van der Waals surface area (Å²) in [5.74, 6) is -0.365. The smallest absolute Gasteiger partial charge is 0.268 e. The van der Waals surface area contributed by atoms with Gasteiger partial charge in [0, 0.05) is 42.7 Å². The first kappa shape index (κ1) is 21.1. The Balaban J connectivity index is 1.65. The van der Waals surface area contributed by atoms with Crippen LogP contribution in [0.5, 0.6) is 0 Å². The highest BCUT2D eigenvalue weighted by Gasteiger charge is 2.25. The van der Waals surface area contributed by atoms with E-state index in [9.17, 15) is 14.0 Å². The molecule has 2 aromatic carbocycles. The molecule has 0 aliphatic heterocycles. The average Bonchev–Trinajstić information content (AvgIpc) is 3.06. The van der Waals surface area contributed by atoms with E-state index in [1.807, 2.05) is 28.8 Å². The van der Waals surface area contributed by atoms with Crippen LogP contribution in [0.15, 0.2) is 48.5 Å². The summed E-state index contributed by atoms with van der Waals surface area (Å²) >= 11 is 0. The molecule has 1 aromatic heterocycles. The number of carbonyl (C=O) groups excluding carboxylic acids is 2. The molecule has 0 radical (unpaired) electrons. The van der Waals surface area contributed by atoms with Gasteiger partial charge in [-0.1, -0.05) is 18.6 Å². The van der Waals surface area contributed by atoms with Crippen LogP contribution in [0.4, 0.5) is 10.1 Å². The maximum Gasteiger partial charge on any atom is 0.268 e. The van der Waals surface area contributed by atoms with Crippen LogP contribution >= 0.6 is 0 Å². The van der Waals surface area contributed by atoms with Crippen molar-refractivity contribution < 1.29 is 18.7 Å². The van der Waals surface area contributed by atoms with E-state index in [0.29, 0.717) is 25.4 Å². The maximum absolute atomic E-state index is 13.3. The fraction of sp³-hybridized carbons (Fsp3) is 0.333. The van der Waals surface area contributed by atoms with Gasteiger partial charge in [0.15, 0.2) is 0 Å². The second-order valence-corrected chi connectivity index (χ2v) is 7.88. The van der Waals surface area contributed by atoms with Crippen LogP contribution in [0.25, 0.3) is 10.9 Å². The number of rotatable bonds is 8. The SMILES string of the molecule is COCCNC(=O)c1cc2cc(NC(=O)C3CCC3)ccc2n1Cc1ccc(F)cc1. The third-order valence-electron chi connectivity index (χ3n) is 5.72. The van der Waals surface area contributed by atoms with Crippen molar-refractivity contribution in [3.05, 3.63) is 65.6 Å². The van der Waals surface area contributed by atoms with Gasteiger partial charge < -0.3 is 19.9 Å². The lowest BCUT2D eigenvalue weighted by Gasteiger charge is -2.24. The van der Waals surface area contributed by atoms with Crippen LogP contribution in [-0.2, 0) is 16.1 Å². The fourth-order valence-corrected chi connectivity index (χ4v) is 3.75. The average molecular weight is 423 g/mol. The number of aromatic nitrogens is 1. The molecule has 0 saturated heterocycles. The first-order chi connectivity index (χ1) is 15.0. The minimum Gasteiger partial charge on any atom is -0.383 e. The summed E-state index contributed by atoms with van der Waals surface area (Å²) < 4.78 is 20.2. The summed E-state index contributed by atoms with van der Waals surface area (Å²) in [7, 11) is 1.58. The summed E-state index contributed by atoms with van der Waals surface area (Å²) in [5.41, 5.74) is 2.96. The van der Waals surface area contributed by atoms with Crippen molar-refractivity contribution in [1.29, 1.82) is 0 Å². The molecule has 1 fully saturated rings. The van der Waals surface area contributed by atoms with Crippen LogP contribution in [-0.4, -0.2) is 36.6 Å². The molecule has 6 nitrogen and oxygen atoms in total. The quantitative estimate of drug-likeness (QED) is 0.539. The zero-order chi connectivity index (χ0) is 21.8. The Morgan fingerprint density at radius 2 is 1.90 bits per heavy atom. The Bertz CT molecular complexity index is 1090. The molecule has 1 aliphatic rings. The van der Waals surface area contributed by atoms with Gasteiger partial charge in [-0.15, -0.1) is 0 Å². The van der Waals surface area contributed by atoms with E-state index in [4.69, 9.17) is 4.74 Å². The fourth-order valence-electron chi connectivity index (χ4n) is 3.75. The summed E-state index contributed by atoms with van der Waals surface area (Å²) in [6.45, 7) is 1.24. The van der Waals surface area contributed by atoms with E-state index in [1.165, 1.54) is 12.1 Å². The standard InChI is InChI=1S/C24H26FN3O3/c1-31-12-11-26-24(30)22-14-18-13-20(27-23(29)17-3-2-4-17)9-10-21(18)28(22)15-16-5-7-19(25)8-6-16/h5-10,13-14,17H,2-4,11-12,15H2,1H3,(H,26,30)(H,27,29). The molecule has 162 valence electrons. The minimum atomic E-state index is -0.300. The topological polar surface area (TPSA) is 72.4 Å². The van der Waals surface area contributed by atoms with Crippen molar-refractivity contribution in [1.82, 2.24) is 9.88 Å². The Hall–Kier alpha value is -3.19. The number of hydrogen-bond acceptors (Lipinski definition) is 3. The largest absolute Gasteiger partial charge is 0.383 e. The number of ether oxygens (including phenoxy) is 1. The van der Waals surface area contributed by atoms with Gasteiger partial charge in [0.25, 0.3) is 5.91 Å². The third-order valence-corrected chi connectivity index (χ3v) is 5.72. The number of nitrogens with one attached hydrogen (secondary N) is 2. The Morgan fingerprint density at radius 3 is 2.58 bits per heavy atom. The molecule has 31 heavy (non-hydrogen) atoms. The molecule has 2 N–H and O–H groups in total.